The quantitative estimate of drug-likeness (QED) is 0.617. The summed E-state index contributed by atoms with van der Waals surface area (Å²) in [6.45, 7) is 1.92. The van der Waals surface area contributed by atoms with Crippen LogP contribution in [0.1, 0.15) is 31.8 Å². The van der Waals surface area contributed by atoms with Crippen LogP contribution in [0.15, 0.2) is 48.5 Å². The van der Waals surface area contributed by atoms with Crippen molar-refractivity contribution < 1.29 is 31.3 Å². The smallest absolute Gasteiger partial charge is 0.124 e. The van der Waals surface area contributed by atoms with E-state index in [4.69, 9.17) is 0 Å². The molecule has 0 saturated carbocycles. The van der Waals surface area contributed by atoms with E-state index in [-0.39, 0.29) is 11.1 Å². The monoisotopic (exact) mass is 328 g/mol. The molecule has 6 N–H and O–H groups in total. The summed E-state index contributed by atoms with van der Waals surface area (Å²) in [5, 5.41) is 21.2. The molecular weight excluding hydrogens is 308 g/mol. The van der Waals surface area contributed by atoms with Crippen LogP contribution in [0, 0.1) is 0 Å². The highest BCUT2D eigenvalue weighted by Crippen LogP contribution is 2.10. The van der Waals surface area contributed by atoms with E-state index in [9.17, 15) is 19.8 Å². The van der Waals surface area contributed by atoms with Crippen molar-refractivity contribution in [2.45, 2.75) is 0 Å². The Morgan fingerprint density at radius 2 is 1.00 bits per heavy atom. The first-order chi connectivity index (χ1) is 11.5. The molecule has 0 spiro atoms. The van der Waals surface area contributed by atoms with Crippen molar-refractivity contribution in [3.05, 3.63) is 70.8 Å². The number of benzene rings is 2. The summed E-state index contributed by atoms with van der Waals surface area (Å²) in [6.07, 6.45) is 3.60. The Morgan fingerprint density at radius 1 is 0.708 bits per heavy atom. The number of carbonyl (C=O) groups is 2. The fraction of sp³-hybridized carbons (Fsp3) is 0.111. The van der Waals surface area contributed by atoms with E-state index in [1.54, 1.807) is 36.4 Å². The van der Waals surface area contributed by atoms with Crippen LogP contribution in [-0.4, -0.2) is 25.0 Å². The molecule has 0 aliphatic heterocycles. The summed E-state index contributed by atoms with van der Waals surface area (Å²) < 4.78 is 0. The van der Waals surface area contributed by atoms with E-state index < -0.39 is 11.9 Å². The van der Waals surface area contributed by atoms with Crippen LogP contribution in [0.2, 0.25) is 0 Å². The molecule has 0 heterocycles. The van der Waals surface area contributed by atoms with Crippen LogP contribution in [0.25, 0.3) is 12.2 Å². The Bertz CT molecular complexity index is 630. The summed E-state index contributed by atoms with van der Waals surface area (Å²) >= 11 is 0. The van der Waals surface area contributed by atoms with Gasteiger partial charge in [-0.3, -0.25) is 0 Å². The highest BCUT2D eigenvalue weighted by molar-refractivity contribution is 5.87. The lowest BCUT2D eigenvalue weighted by molar-refractivity contribution is -0.453. The van der Waals surface area contributed by atoms with Crippen molar-refractivity contribution in [1.82, 2.24) is 0 Å². The molecule has 2 rings (SSSR count). The zero-order valence-electron chi connectivity index (χ0n) is 13.2. The predicted molar refractivity (Wildman–Crippen MR) is 86.0 cm³/mol. The van der Waals surface area contributed by atoms with Gasteiger partial charge in [0.05, 0.1) is 11.9 Å². The summed E-state index contributed by atoms with van der Waals surface area (Å²) in [6, 6.07) is 12.5. The average molecular weight is 328 g/mol. The summed E-state index contributed by atoms with van der Waals surface area (Å²) in [5.74, 6) is -2.42. The standard InChI is InChI=1S/C16H12O4.C2H8N2/c17-15(18)13-7-3-11(4-8-13)1-2-12-5-9-14(10-6-12)16(19)20;3-1-2-4/h1-10H,(H,17,18)(H,19,20);1-4H2/b2-1+;. The van der Waals surface area contributed by atoms with Gasteiger partial charge in [-0.05, 0) is 22.3 Å². The molecule has 126 valence electrons. The topological polar surface area (TPSA) is 136 Å². The third-order valence-electron chi connectivity index (χ3n) is 3.01. The third-order valence-corrected chi connectivity index (χ3v) is 3.01. The molecule has 0 amide bonds. The van der Waals surface area contributed by atoms with E-state index >= 15 is 0 Å². The molecule has 2 aromatic rings. The number of hydrogen-bond donors (Lipinski definition) is 2. The molecule has 2 aromatic carbocycles. The minimum absolute atomic E-state index is 0.125. The van der Waals surface area contributed by atoms with Crippen LogP contribution in [0.3, 0.4) is 0 Å². The summed E-state index contributed by atoms with van der Waals surface area (Å²) in [4.78, 5) is 21.2. The molecule has 6 heteroatoms. The van der Waals surface area contributed by atoms with Gasteiger partial charge in [0.2, 0.25) is 0 Å². The van der Waals surface area contributed by atoms with Gasteiger partial charge in [0, 0.05) is 0 Å². The fourth-order valence-corrected chi connectivity index (χ4v) is 1.65. The number of aromatic carboxylic acids is 2. The van der Waals surface area contributed by atoms with Gasteiger partial charge >= 0.3 is 0 Å². The number of carboxylic acid groups (broad SMARTS) is 2. The Hall–Kier alpha value is -2.96. The average Bonchev–Trinajstić information content (AvgIpc) is 2.60. The molecule has 0 aromatic heterocycles. The highest BCUT2D eigenvalue weighted by atomic mass is 16.4. The molecule has 0 aliphatic carbocycles. The molecule has 0 unspecified atom stereocenters. The highest BCUT2D eigenvalue weighted by Gasteiger charge is 1.94. The van der Waals surface area contributed by atoms with E-state index in [1.165, 1.54) is 24.3 Å². The van der Waals surface area contributed by atoms with Gasteiger partial charge in [-0.15, -0.1) is 0 Å². The zero-order chi connectivity index (χ0) is 17.9. The van der Waals surface area contributed by atoms with Crippen LogP contribution in [0.4, 0.5) is 0 Å². The normalized spacial score (nSPS) is 10.1. The fourth-order valence-electron chi connectivity index (χ4n) is 1.65. The summed E-state index contributed by atoms with van der Waals surface area (Å²) in [5.41, 5.74) is 9.00. The van der Waals surface area contributed by atoms with E-state index in [1.807, 2.05) is 0 Å². The lowest BCUT2D eigenvalue weighted by atomic mass is 10.1. The molecule has 0 bridgehead atoms. The van der Waals surface area contributed by atoms with Gasteiger partial charge in [-0.25, -0.2) is 0 Å². The van der Waals surface area contributed by atoms with Crippen molar-refractivity contribution in [3.8, 4) is 0 Å². The minimum Gasteiger partial charge on any atom is -0.545 e. The number of hydrogen-bond acceptors (Lipinski definition) is 4. The van der Waals surface area contributed by atoms with E-state index in [0.717, 1.165) is 24.2 Å². The lowest BCUT2D eigenvalue weighted by Gasteiger charge is -2.03. The number of carbonyl (C=O) groups excluding carboxylic acids is 2. The Labute approximate surface area is 140 Å². The second-order valence-corrected chi connectivity index (χ2v) is 4.86. The van der Waals surface area contributed by atoms with Crippen LogP contribution >= 0.6 is 0 Å². The van der Waals surface area contributed by atoms with Crippen molar-refractivity contribution >= 4 is 24.1 Å². The molecule has 0 atom stereocenters. The van der Waals surface area contributed by atoms with Gasteiger partial charge in [-0.2, -0.15) is 0 Å². The van der Waals surface area contributed by atoms with Crippen molar-refractivity contribution in [2.24, 2.45) is 0 Å². The van der Waals surface area contributed by atoms with E-state index in [0.29, 0.717) is 0 Å². The van der Waals surface area contributed by atoms with Crippen LogP contribution < -0.4 is 21.7 Å². The van der Waals surface area contributed by atoms with Crippen molar-refractivity contribution in [1.29, 1.82) is 0 Å². The second kappa shape index (κ2) is 9.94. The number of carboxylic acids is 2. The number of rotatable bonds is 5. The molecule has 0 fully saturated rings. The molecular formula is C18H20N2O4. The van der Waals surface area contributed by atoms with Gasteiger partial charge in [-0.1, -0.05) is 60.7 Å². The maximum Gasteiger partial charge on any atom is 0.124 e. The van der Waals surface area contributed by atoms with E-state index in [2.05, 4.69) is 11.5 Å². The first-order valence-electron chi connectivity index (χ1n) is 7.37. The van der Waals surface area contributed by atoms with Crippen LogP contribution in [-0.2, 0) is 0 Å². The lowest BCUT2D eigenvalue weighted by Crippen LogP contribution is -2.64. The molecule has 6 nitrogen and oxygen atoms in total. The molecule has 0 aliphatic rings. The Balaban J connectivity index is 0.000000648. The third kappa shape index (κ3) is 6.43. The van der Waals surface area contributed by atoms with Gasteiger partial charge in [0.15, 0.2) is 0 Å². The molecule has 0 saturated heterocycles. The minimum atomic E-state index is -1.21. The maximum atomic E-state index is 10.6. The predicted octanol–water partition coefficient (Wildman–Crippen LogP) is -1.95. The zero-order valence-corrected chi connectivity index (χ0v) is 13.2. The first kappa shape index (κ1) is 19.1. The Morgan fingerprint density at radius 3 is 1.21 bits per heavy atom. The number of quaternary nitrogens is 2. The SMILES string of the molecule is O=C([O-])c1ccc(/C=C/c2ccc(C(=O)[O-])cc2)cc1.[NH3+]CC[NH3+]. The second-order valence-electron chi connectivity index (χ2n) is 4.86. The largest absolute Gasteiger partial charge is 0.545 e. The first-order valence-corrected chi connectivity index (χ1v) is 7.37. The van der Waals surface area contributed by atoms with Gasteiger partial charge in [0.25, 0.3) is 0 Å². The van der Waals surface area contributed by atoms with Crippen molar-refractivity contribution in [2.75, 3.05) is 13.1 Å². The van der Waals surface area contributed by atoms with Gasteiger partial charge in [0.1, 0.15) is 13.1 Å². The van der Waals surface area contributed by atoms with Gasteiger partial charge < -0.3 is 31.3 Å². The molecule has 0 radical (unpaired) electrons. The van der Waals surface area contributed by atoms with Crippen molar-refractivity contribution in [3.63, 3.8) is 0 Å². The maximum absolute atomic E-state index is 10.6. The molecule has 24 heavy (non-hydrogen) atoms. The van der Waals surface area contributed by atoms with Crippen LogP contribution in [0.5, 0.6) is 0 Å². The summed E-state index contributed by atoms with van der Waals surface area (Å²) in [7, 11) is 0. The Kier molecular flexibility index (Phi) is 7.90.